The second-order valence-corrected chi connectivity index (χ2v) is 8.99. The Morgan fingerprint density at radius 2 is 1.77 bits per heavy atom. The summed E-state index contributed by atoms with van der Waals surface area (Å²) in [5, 5.41) is 5.79. The van der Waals surface area contributed by atoms with E-state index in [1.165, 1.54) is 11.3 Å². The Morgan fingerprint density at radius 1 is 0.967 bits per heavy atom. The molecule has 0 N–H and O–H groups in total. The molecule has 2 aromatic carbocycles. The third kappa shape index (κ3) is 2.88. The summed E-state index contributed by atoms with van der Waals surface area (Å²) in [6, 6.07) is 13.3. The van der Waals surface area contributed by atoms with Crippen molar-refractivity contribution in [2.75, 3.05) is 0 Å². The molecule has 0 saturated carbocycles. The van der Waals surface area contributed by atoms with Crippen LogP contribution in [-0.2, 0) is 14.1 Å². The summed E-state index contributed by atoms with van der Waals surface area (Å²) in [5.41, 5.74) is 4.89. The molecule has 0 fully saturated rings. The highest BCUT2D eigenvalue weighted by molar-refractivity contribution is 7.10. The molecule has 5 aromatic rings. The van der Waals surface area contributed by atoms with Crippen LogP contribution in [0.2, 0.25) is 10.0 Å². The van der Waals surface area contributed by atoms with Crippen molar-refractivity contribution in [1.82, 2.24) is 14.1 Å². The highest BCUT2D eigenvalue weighted by atomic mass is 35.5. The number of hydrogen-bond donors (Lipinski definition) is 0. The molecular weight excluding hydrogens is 437 g/mol. The van der Waals surface area contributed by atoms with Gasteiger partial charge in [0, 0.05) is 58.9 Å². The summed E-state index contributed by atoms with van der Waals surface area (Å²) in [6.45, 7) is 3.91. The smallest absolute Gasteiger partial charge is 0.259 e. The van der Waals surface area contributed by atoms with Gasteiger partial charge in [0.15, 0.2) is 0 Å². The van der Waals surface area contributed by atoms with E-state index in [4.69, 9.17) is 23.2 Å². The zero-order chi connectivity index (χ0) is 21.2. The number of aromatic nitrogens is 3. The van der Waals surface area contributed by atoms with E-state index >= 15 is 0 Å². The largest absolute Gasteiger partial charge is 0.330 e. The van der Waals surface area contributed by atoms with Gasteiger partial charge >= 0.3 is 0 Å². The molecule has 1 radical (unpaired) electrons. The molecular formula is C23H16Cl2N3OS. The van der Waals surface area contributed by atoms with E-state index in [2.05, 4.69) is 24.0 Å². The molecule has 0 amide bonds. The number of nitrogens with zero attached hydrogens (tertiary/aromatic N) is 3. The Balaban J connectivity index is 1.85. The number of halogens is 2. The summed E-state index contributed by atoms with van der Waals surface area (Å²) in [6.07, 6.45) is 0. The van der Waals surface area contributed by atoms with Crippen molar-refractivity contribution in [3.8, 4) is 22.4 Å². The van der Waals surface area contributed by atoms with Gasteiger partial charge in [0.25, 0.3) is 5.56 Å². The molecule has 30 heavy (non-hydrogen) atoms. The van der Waals surface area contributed by atoms with Crippen LogP contribution < -0.4 is 5.56 Å². The van der Waals surface area contributed by atoms with Crippen molar-refractivity contribution in [2.24, 2.45) is 14.1 Å². The molecule has 149 valence electrons. The van der Waals surface area contributed by atoms with Crippen LogP contribution in [0.3, 0.4) is 0 Å². The molecule has 0 aliphatic carbocycles. The third-order valence-corrected chi connectivity index (χ3v) is 6.67. The summed E-state index contributed by atoms with van der Waals surface area (Å²) >= 11 is 14.0. The lowest BCUT2D eigenvalue weighted by molar-refractivity contribution is 0.846. The molecule has 0 bridgehead atoms. The van der Waals surface area contributed by atoms with Gasteiger partial charge in [0.1, 0.15) is 5.65 Å². The minimum Gasteiger partial charge on any atom is -0.330 e. The van der Waals surface area contributed by atoms with E-state index in [1.807, 2.05) is 29.1 Å². The first-order valence-electron chi connectivity index (χ1n) is 9.20. The van der Waals surface area contributed by atoms with Crippen molar-refractivity contribution in [2.45, 2.75) is 0 Å². The Hall–Kier alpha value is -2.60. The maximum atomic E-state index is 13.2. The number of pyridine rings is 1. The van der Waals surface area contributed by atoms with Gasteiger partial charge in [0.2, 0.25) is 0 Å². The molecule has 0 aliphatic rings. The van der Waals surface area contributed by atoms with E-state index in [0.29, 0.717) is 21.2 Å². The molecule has 0 unspecified atom stereocenters. The molecule has 3 aromatic heterocycles. The molecule has 0 saturated heterocycles. The SMILES string of the molecule is [CH2]c1nc(-c2ccc3c(c2)c2cc(-c4ccc(Cl)cc4Cl)c(=O)n(C)c2n3C)cs1. The molecule has 7 heteroatoms. The van der Waals surface area contributed by atoms with E-state index in [1.54, 1.807) is 29.8 Å². The quantitative estimate of drug-likeness (QED) is 0.314. The zero-order valence-electron chi connectivity index (χ0n) is 16.2. The fourth-order valence-electron chi connectivity index (χ4n) is 3.99. The lowest BCUT2D eigenvalue weighted by atomic mass is 10.0. The summed E-state index contributed by atoms with van der Waals surface area (Å²) in [4.78, 5) is 17.7. The van der Waals surface area contributed by atoms with Gasteiger partial charge in [0.05, 0.1) is 21.2 Å². The third-order valence-electron chi connectivity index (χ3n) is 5.42. The Morgan fingerprint density at radius 3 is 2.47 bits per heavy atom. The van der Waals surface area contributed by atoms with Crippen molar-refractivity contribution in [3.05, 3.63) is 80.2 Å². The predicted molar refractivity (Wildman–Crippen MR) is 127 cm³/mol. The maximum Gasteiger partial charge on any atom is 0.259 e. The van der Waals surface area contributed by atoms with Crippen molar-refractivity contribution in [1.29, 1.82) is 0 Å². The second-order valence-electron chi connectivity index (χ2n) is 7.20. The second kappa shape index (κ2) is 6.98. The highest BCUT2D eigenvalue weighted by Crippen LogP contribution is 2.35. The van der Waals surface area contributed by atoms with Gasteiger partial charge < -0.3 is 4.57 Å². The zero-order valence-corrected chi connectivity index (χ0v) is 18.6. The Labute approximate surface area is 186 Å². The summed E-state index contributed by atoms with van der Waals surface area (Å²) < 4.78 is 3.71. The van der Waals surface area contributed by atoms with Crippen LogP contribution in [0.5, 0.6) is 0 Å². The standard InChI is InChI=1S/C23H16Cl2N3OS/c1-12-26-20(11-30-12)13-4-7-21-16(8-13)17-10-18(15-6-5-14(24)9-19(15)25)23(29)28(3)22(17)27(21)2/h4-11H,1H2,2-3H3. The molecule has 0 aliphatic heterocycles. The Kier molecular flexibility index (Phi) is 4.51. The lowest BCUT2D eigenvalue weighted by Crippen LogP contribution is -2.20. The monoisotopic (exact) mass is 452 g/mol. The van der Waals surface area contributed by atoms with E-state index in [0.717, 1.165) is 38.2 Å². The van der Waals surface area contributed by atoms with Crippen LogP contribution in [0.25, 0.3) is 44.3 Å². The van der Waals surface area contributed by atoms with Gasteiger partial charge in [-0.25, -0.2) is 4.98 Å². The van der Waals surface area contributed by atoms with Crippen molar-refractivity contribution < 1.29 is 0 Å². The average Bonchev–Trinajstić information content (AvgIpc) is 3.26. The number of thiazole rings is 1. The number of hydrogen-bond acceptors (Lipinski definition) is 3. The first-order chi connectivity index (χ1) is 14.3. The minimum absolute atomic E-state index is 0.112. The van der Waals surface area contributed by atoms with E-state index in [-0.39, 0.29) is 5.56 Å². The number of rotatable bonds is 2. The first kappa shape index (κ1) is 19.4. The van der Waals surface area contributed by atoms with Crippen LogP contribution in [-0.4, -0.2) is 14.1 Å². The fraction of sp³-hybridized carbons (Fsp3) is 0.0870. The minimum atomic E-state index is -0.112. The lowest BCUT2D eigenvalue weighted by Gasteiger charge is -2.09. The van der Waals surface area contributed by atoms with Gasteiger partial charge in [-0.2, -0.15) is 0 Å². The highest BCUT2D eigenvalue weighted by Gasteiger charge is 2.18. The van der Waals surface area contributed by atoms with Crippen LogP contribution in [0.15, 0.2) is 52.6 Å². The number of aryl methyl sites for hydroxylation is 2. The molecule has 0 atom stereocenters. The summed E-state index contributed by atoms with van der Waals surface area (Å²) in [5.74, 6) is 0. The maximum absolute atomic E-state index is 13.2. The van der Waals surface area contributed by atoms with Crippen molar-refractivity contribution >= 4 is 56.5 Å². The van der Waals surface area contributed by atoms with Gasteiger partial charge in [-0.15, -0.1) is 11.3 Å². The first-order valence-corrected chi connectivity index (χ1v) is 10.8. The van der Waals surface area contributed by atoms with E-state index < -0.39 is 0 Å². The van der Waals surface area contributed by atoms with Crippen LogP contribution in [0, 0.1) is 6.92 Å². The van der Waals surface area contributed by atoms with Crippen LogP contribution >= 0.6 is 34.5 Å². The molecule has 5 rings (SSSR count). The molecule has 4 nitrogen and oxygen atoms in total. The molecule has 0 spiro atoms. The fourth-order valence-corrected chi connectivity index (χ4v) is 5.09. The van der Waals surface area contributed by atoms with Gasteiger partial charge in [-0.3, -0.25) is 9.36 Å². The summed E-state index contributed by atoms with van der Waals surface area (Å²) in [7, 11) is 3.75. The van der Waals surface area contributed by atoms with Gasteiger partial charge in [-0.1, -0.05) is 35.3 Å². The number of fused-ring (bicyclic) bond motifs is 3. The predicted octanol–water partition coefficient (Wildman–Crippen LogP) is 6.31. The number of benzene rings is 2. The average molecular weight is 453 g/mol. The molecule has 3 heterocycles. The van der Waals surface area contributed by atoms with Crippen LogP contribution in [0.1, 0.15) is 5.01 Å². The van der Waals surface area contributed by atoms with Crippen molar-refractivity contribution in [3.63, 3.8) is 0 Å². The normalized spacial score (nSPS) is 11.6. The van der Waals surface area contributed by atoms with Crippen LogP contribution in [0.4, 0.5) is 0 Å². The van der Waals surface area contributed by atoms with Gasteiger partial charge in [-0.05, 0) is 30.3 Å². The Bertz CT molecular complexity index is 1530. The topological polar surface area (TPSA) is 39.8 Å². The van der Waals surface area contributed by atoms with E-state index in [9.17, 15) is 4.79 Å².